The van der Waals surface area contributed by atoms with Crippen molar-refractivity contribution >= 4 is 24.4 Å². The molecule has 0 saturated carbocycles. The van der Waals surface area contributed by atoms with Gasteiger partial charge >= 0.3 is 0 Å². The zero-order valence-electron chi connectivity index (χ0n) is 8.55. The average molecular weight is 192 g/mol. The monoisotopic (exact) mass is 192 g/mol. The van der Waals surface area contributed by atoms with Crippen LogP contribution in [0.1, 0.15) is 40.9 Å². The highest BCUT2D eigenvalue weighted by Crippen LogP contribution is 2.26. The van der Waals surface area contributed by atoms with Crippen molar-refractivity contribution in [2.75, 3.05) is 6.26 Å². The lowest BCUT2D eigenvalue weighted by atomic mass is 10.2. The van der Waals surface area contributed by atoms with Crippen LogP contribution in [-0.4, -0.2) is 6.26 Å². The summed E-state index contributed by atoms with van der Waals surface area (Å²) >= 11 is 6.21. The molecule has 0 radical (unpaired) electrons. The van der Waals surface area contributed by atoms with Crippen molar-refractivity contribution in [1.82, 2.24) is 0 Å². The molecule has 0 aromatic heterocycles. The van der Waals surface area contributed by atoms with Gasteiger partial charge in [-0.2, -0.15) is 0 Å². The Labute approximate surface area is 81.7 Å². The van der Waals surface area contributed by atoms with E-state index in [9.17, 15) is 0 Å². The maximum atomic E-state index is 7.36. The molecule has 0 nitrogen and oxygen atoms in total. The van der Waals surface area contributed by atoms with Gasteiger partial charge < -0.3 is 0 Å². The molecule has 1 unspecified atom stereocenters. The van der Waals surface area contributed by atoms with E-state index >= 15 is 0 Å². The normalized spacial score (nSPS) is 17.3. The first-order valence-electron chi connectivity index (χ1n) is 4.56. The molecule has 0 fully saturated rings. The van der Waals surface area contributed by atoms with Gasteiger partial charge in [-0.25, -0.2) is 0 Å². The van der Waals surface area contributed by atoms with Gasteiger partial charge in [-0.1, -0.05) is 20.2 Å². The Morgan fingerprint density at radius 2 is 2.18 bits per heavy atom. The summed E-state index contributed by atoms with van der Waals surface area (Å²) in [6, 6.07) is 0. The van der Waals surface area contributed by atoms with E-state index in [-0.39, 0.29) is 6.40 Å². The predicted octanol–water partition coefficient (Wildman–Crippen LogP) is 4.09. The Morgan fingerprint density at radius 1 is 1.55 bits per heavy atom. The van der Waals surface area contributed by atoms with Crippen LogP contribution in [0.5, 0.6) is 0 Å². The fraction of sp³-hybridized carbons (Fsp3) is 0.778. The number of thioether (sulfide) groups is 1. The maximum Gasteiger partial charge on any atom is 0.0264 e. The Bertz CT molecular complexity index is 147. The Balaban J connectivity index is 3.96. The van der Waals surface area contributed by atoms with Gasteiger partial charge in [-0.15, -0.1) is 24.4 Å². The van der Waals surface area contributed by atoms with E-state index in [0.717, 1.165) is 19.3 Å². The first-order chi connectivity index (χ1) is 5.61. The third-order valence-corrected chi connectivity index (χ3v) is 3.23. The van der Waals surface area contributed by atoms with E-state index < -0.39 is 0 Å². The number of hydrogen-bond acceptors (Lipinski definition) is 2. The SMILES string of the molecule is [3H]C(C)CCC(S)=C(CC)SC. The third-order valence-electron chi connectivity index (χ3n) is 1.56. The minimum absolute atomic E-state index is 0.0344. The molecule has 0 amide bonds. The van der Waals surface area contributed by atoms with Crippen molar-refractivity contribution in [3.8, 4) is 0 Å². The largest absolute Gasteiger partial charge is 0.147 e. The van der Waals surface area contributed by atoms with Crippen LogP contribution in [0, 0.1) is 0 Å². The lowest BCUT2D eigenvalue weighted by Crippen LogP contribution is -1.81. The highest BCUT2D eigenvalue weighted by molar-refractivity contribution is 8.03. The van der Waals surface area contributed by atoms with Gasteiger partial charge in [0, 0.05) is 1.37 Å². The lowest BCUT2D eigenvalue weighted by Gasteiger charge is -2.05. The molecule has 0 bridgehead atoms. The van der Waals surface area contributed by atoms with Gasteiger partial charge in [0.25, 0.3) is 0 Å². The van der Waals surface area contributed by atoms with Gasteiger partial charge in [0.2, 0.25) is 0 Å². The molecular formula is C9H18S2. The molecule has 0 rings (SSSR count). The second kappa shape index (κ2) is 7.11. The molecule has 0 aliphatic rings. The lowest BCUT2D eigenvalue weighted by molar-refractivity contribution is 0.806. The highest BCUT2D eigenvalue weighted by Gasteiger charge is 1.98. The molecule has 0 heterocycles. The molecule has 0 aromatic carbocycles. The molecule has 66 valence electrons. The molecule has 0 aliphatic heterocycles. The van der Waals surface area contributed by atoms with E-state index in [1.165, 1.54) is 9.81 Å². The molecule has 0 aromatic rings. The fourth-order valence-electron chi connectivity index (χ4n) is 0.887. The van der Waals surface area contributed by atoms with Crippen molar-refractivity contribution < 1.29 is 1.37 Å². The molecule has 2 heteroatoms. The zero-order chi connectivity index (χ0) is 9.56. The molecule has 1 atom stereocenters. The van der Waals surface area contributed by atoms with E-state index in [1.807, 2.05) is 6.92 Å². The van der Waals surface area contributed by atoms with Crippen molar-refractivity contribution in [2.24, 2.45) is 0 Å². The van der Waals surface area contributed by atoms with Crippen LogP contribution in [0.15, 0.2) is 9.81 Å². The van der Waals surface area contributed by atoms with E-state index in [2.05, 4.69) is 25.8 Å². The maximum absolute atomic E-state index is 7.36. The first kappa shape index (κ1) is 9.53. The highest BCUT2D eigenvalue weighted by atomic mass is 32.2. The minimum atomic E-state index is 0.0344. The summed E-state index contributed by atoms with van der Waals surface area (Å²) in [5, 5.41) is 0. The van der Waals surface area contributed by atoms with Gasteiger partial charge in [-0.3, -0.25) is 0 Å². The van der Waals surface area contributed by atoms with Crippen LogP contribution in [0.3, 0.4) is 0 Å². The first-order valence-corrected chi connectivity index (χ1v) is 5.66. The van der Waals surface area contributed by atoms with Gasteiger partial charge in [0.15, 0.2) is 0 Å². The smallest absolute Gasteiger partial charge is 0.0264 e. The van der Waals surface area contributed by atoms with E-state index in [0.29, 0.717) is 0 Å². The summed E-state index contributed by atoms with van der Waals surface area (Å²) in [4.78, 5) is 2.53. The number of allylic oxidation sites excluding steroid dienone is 2. The van der Waals surface area contributed by atoms with Crippen molar-refractivity contribution in [2.45, 2.75) is 39.5 Å². The van der Waals surface area contributed by atoms with Gasteiger partial charge in [-0.05, 0) is 35.3 Å². The molecule has 0 aliphatic carbocycles. The summed E-state index contributed by atoms with van der Waals surface area (Å²) in [7, 11) is 0. The molecule has 0 spiro atoms. The molecule has 11 heavy (non-hydrogen) atoms. The van der Waals surface area contributed by atoms with Crippen LogP contribution in [-0.2, 0) is 0 Å². The van der Waals surface area contributed by atoms with Crippen LogP contribution in [0.4, 0.5) is 0 Å². The van der Waals surface area contributed by atoms with Crippen molar-refractivity contribution in [3.63, 3.8) is 0 Å². The summed E-state index contributed by atoms with van der Waals surface area (Å²) in [6.45, 7) is 4.07. The third kappa shape index (κ3) is 4.81. The summed E-state index contributed by atoms with van der Waals surface area (Å²) in [6.07, 6.45) is 5.05. The quantitative estimate of drug-likeness (QED) is 0.640. The van der Waals surface area contributed by atoms with Crippen molar-refractivity contribution in [1.29, 1.82) is 0 Å². The molecular weight excluding hydrogens is 172 g/mol. The Hall–Kier alpha value is 0.440. The number of thiol groups is 1. The standard InChI is InChI=1S/C9H18S2/c1-4-6-7-8(10)9(5-2)11-3/h10H,4-7H2,1-3H3/i4T. The molecule has 0 N–H and O–H groups in total. The Kier molecular flexibility index (Phi) is 6.16. The second-order valence-electron chi connectivity index (χ2n) is 2.37. The summed E-state index contributed by atoms with van der Waals surface area (Å²) in [5.41, 5.74) is 0. The number of hydrogen-bond donors (Lipinski definition) is 1. The van der Waals surface area contributed by atoms with Crippen LogP contribution in [0.2, 0.25) is 0 Å². The Morgan fingerprint density at radius 3 is 2.55 bits per heavy atom. The number of rotatable bonds is 5. The molecule has 0 saturated heterocycles. The van der Waals surface area contributed by atoms with Crippen LogP contribution in [0.25, 0.3) is 0 Å². The van der Waals surface area contributed by atoms with E-state index in [4.69, 9.17) is 1.37 Å². The average Bonchev–Trinajstić information content (AvgIpc) is 2.03. The minimum Gasteiger partial charge on any atom is -0.147 e. The summed E-state index contributed by atoms with van der Waals surface area (Å²) < 4.78 is 7.36. The second-order valence-corrected chi connectivity index (χ2v) is 3.82. The zero-order valence-corrected chi connectivity index (χ0v) is 9.27. The van der Waals surface area contributed by atoms with E-state index in [1.54, 1.807) is 11.8 Å². The van der Waals surface area contributed by atoms with Gasteiger partial charge in [0.1, 0.15) is 0 Å². The predicted molar refractivity (Wildman–Crippen MR) is 59.3 cm³/mol. The van der Waals surface area contributed by atoms with Crippen LogP contribution >= 0.6 is 24.4 Å². The fourth-order valence-corrected chi connectivity index (χ4v) is 2.07. The van der Waals surface area contributed by atoms with Crippen molar-refractivity contribution in [3.05, 3.63) is 9.81 Å². The topological polar surface area (TPSA) is 0 Å². The summed E-state index contributed by atoms with van der Waals surface area (Å²) in [5.74, 6) is 0. The van der Waals surface area contributed by atoms with Gasteiger partial charge in [0.05, 0.1) is 0 Å². The van der Waals surface area contributed by atoms with Crippen LogP contribution < -0.4 is 0 Å².